The van der Waals surface area contributed by atoms with Crippen molar-refractivity contribution in [2.75, 3.05) is 0 Å². The van der Waals surface area contributed by atoms with Crippen molar-refractivity contribution < 1.29 is 28.7 Å². The molecule has 2 aromatic rings. The molecule has 5 aliphatic rings. The molecule has 4 atom stereocenters. The summed E-state index contributed by atoms with van der Waals surface area (Å²) in [6.07, 6.45) is 7.82. The summed E-state index contributed by atoms with van der Waals surface area (Å²) >= 11 is 0. The van der Waals surface area contributed by atoms with E-state index < -0.39 is 44.1 Å². The van der Waals surface area contributed by atoms with E-state index in [9.17, 15) is 19.2 Å². The molecule has 46 heavy (non-hydrogen) atoms. The van der Waals surface area contributed by atoms with Crippen molar-refractivity contribution in [3.8, 4) is 0 Å². The Labute approximate surface area is 271 Å². The fourth-order valence-corrected chi connectivity index (χ4v) is 9.68. The van der Waals surface area contributed by atoms with Crippen LogP contribution in [0.4, 0.5) is 0 Å². The van der Waals surface area contributed by atoms with Crippen LogP contribution in [0.2, 0.25) is 0 Å². The summed E-state index contributed by atoms with van der Waals surface area (Å²) in [4.78, 5) is 57.0. The van der Waals surface area contributed by atoms with Crippen LogP contribution in [0.15, 0.2) is 72.8 Å². The van der Waals surface area contributed by atoms with Crippen LogP contribution >= 0.6 is 0 Å². The normalized spacial score (nSPS) is 37.7. The molecule has 0 amide bonds. The standard InChI is InChI=1S/C40H44O6/c1-33(2)29(41)17-18-30(42)35(5,6)39-23-24-40(46-39,28-16-12-11-15-27(28)39)36(7,8)32(44)20-19-31(43)34(3,4)38-22-21-37(33,45-38)25-13-9-10-14-26(25)38/h9-20H,21-24H2,1-8H3/b18-17-,20-19-/t37-,38-,39-,40+/m1/s1. The maximum absolute atomic E-state index is 14.3. The van der Waals surface area contributed by atoms with Gasteiger partial charge in [0.1, 0.15) is 22.4 Å². The monoisotopic (exact) mass is 620 g/mol. The number of ether oxygens (including phenoxy) is 2. The molecule has 2 saturated heterocycles. The average Bonchev–Trinajstić information content (AvgIpc) is 3.79. The van der Waals surface area contributed by atoms with Gasteiger partial charge in [-0.25, -0.2) is 0 Å². The molecule has 0 aromatic heterocycles. The molecule has 240 valence electrons. The molecule has 2 aromatic carbocycles. The van der Waals surface area contributed by atoms with E-state index in [0.29, 0.717) is 25.7 Å². The summed E-state index contributed by atoms with van der Waals surface area (Å²) in [5.74, 6) is -0.863. The molecule has 2 fully saturated rings. The Morgan fingerprint density at radius 1 is 0.391 bits per heavy atom. The lowest BCUT2D eigenvalue weighted by Crippen LogP contribution is -2.48. The number of carbonyl (C=O) groups is 4. The maximum atomic E-state index is 14.3. The molecular formula is C40H44O6. The number of carbonyl (C=O) groups excluding carboxylic acids is 4. The lowest BCUT2D eigenvalue weighted by Gasteiger charge is -2.42. The largest absolute Gasteiger partial charge is 0.357 e. The van der Waals surface area contributed by atoms with E-state index in [0.717, 1.165) is 22.3 Å². The highest BCUT2D eigenvalue weighted by atomic mass is 16.5. The molecule has 5 heterocycles. The zero-order valence-corrected chi connectivity index (χ0v) is 28.2. The zero-order valence-electron chi connectivity index (χ0n) is 28.2. The van der Waals surface area contributed by atoms with Gasteiger partial charge in [-0.15, -0.1) is 0 Å². The maximum Gasteiger partial charge on any atom is 0.164 e. The van der Waals surface area contributed by atoms with E-state index in [1.54, 1.807) is 0 Å². The van der Waals surface area contributed by atoms with Gasteiger partial charge in [0.25, 0.3) is 0 Å². The minimum atomic E-state index is -1.06. The van der Waals surface area contributed by atoms with Crippen molar-refractivity contribution in [2.45, 2.75) is 103 Å². The molecule has 0 N–H and O–H groups in total. The first-order valence-corrected chi connectivity index (χ1v) is 16.5. The Morgan fingerprint density at radius 2 is 0.587 bits per heavy atom. The van der Waals surface area contributed by atoms with Gasteiger partial charge in [-0.1, -0.05) is 48.5 Å². The van der Waals surface area contributed by atoms with Crippen LogP contribution in [0, 0.1) is 21.7 Å². The third-order valence-electron chi connectivity index (χ3n) is 13.2. The smallest absolute Gasteiger partial charge is 0.164 e. The lowest BCUT2D eigenvalue weighted by molar-refractivity contribution is -0.190. The van der Waals surface area contributed by atoms with Crippen molar-refractivity contribution >= 4 is 23.1 Å². The van der Waals surface area contributed by atoms with Gasteiger partial charge in [-0.3, -0.25) is 19.2 Å². The molecule has 0 unspecified atom stereocenters. The van der Waals surface area contributed by atoms with Crippen LogP contribution in [-0.4, -0.2) is 23.1 Å². The van der Waals surface area contributed by atoms with Crippen molar-refractivity contribution in [2.24, 2.45) is 21.7 Å². The van der Waals surface area contributed by atoms with E-state index in [1.165, 1.54) is 24.3 Å². The third-order valence-corrected chi connectivity index (χ3v) is 13.2. The molecular weight excluding hydrogens is 576 g/mol. The summed E-state index contributed by atoms with van der Waals surface area (Å²) in [6.45, 7) is 15.0. The number of benzene rings is 2. The number of fused-ring (bicyclic) bond motifs is 2. The first-order valence-electron chi connectivity index (χ1n) is 16.5. The number of hydrogen-bond acceptors (Lipinski definition) is 6. The van der Waals surface area contributed by atoms with Crippen molar-refractivity contribution in [1.29, 1.82) is 0 Å². The molecule has 4 bridgehead atoms. The first-order chi connectivity index (χ1) is 21.4. The minimum absolute atomic E-state index is 0.216. The highest BCUT2D eigenvalue weighted by molar-refractivity contribution is 6.05. The van der Waals surface area contributed by atoms with Crippen LogP contribution in [0.5, 0.6) is 0 Å². The number of rotatable bonds is 0. The second kappa shape index (κ2) is 9.11. The number of ketones is 4. The Bertz CT molecular complexity index is 1550. The summed E-state index contributed by atoms with van der Waals surface area (Å²) in [5, 5.41) is 0. The fourth-order valence-electron chi connectivity index (χ4n) is 9.68. The van der Waals surface area contributed by atoms with Gasteiger partial charge in [0, 0.05) is 0 Å². The third kappa shape index (κ3) is 3.30. The quantitative estimate of drug-likeness (QED) is 0.307. The second-order valence-corrected chi connectivity index (χ2v) is 16.2. The van der Waals surface area contributed by atoms with Crippen LogP contribution in [0.25, 0.3) is 0 Å². The average molecular weight is 621 g/mol. The van der Waals surface area contributed by atoms with Gasteiger partial charge in [0.2, 0.25) is 0 Å². The highest BCUT2D eigenvalue weighted by Gasteiger charge is 2.72. The molecule has 5 aliphatic heterocycles. The van der Waals surface area contributed by atoms with Crippen LogP contribution in [-0.2, 0) is 51.1 Å². The van der Waals surface area contributed by atoms with Gasteiger partial charge < -0.3 is 9.47 Å². The summed E-state index contributed by atoms with van der Waals surface area (Å²) in [6, 6.07) is 15.7. The summed E-state index contributed by atoms with van der Waals surface area (Å²) in [5.41, 5.74) is -4.60. The Balaban J connectivity index is 1.44. The first kappa shape index (κ1) is 31.1. The highest BCUT2D eigenvalue weighted by Crippen LogP contribution is 2.71. The van der Waals surface area contributed by atoms with Gasteiger partial charge in [0.05, 0.1) is 21.7 Å². The molecule has 6 nitrogen and oxygen atoms in total. The van der Waals surface area contributed by atoms with Crippen molar-refractivity contribution in [3.05, 3.63) is 95.1 Å². The molecule has 0 aliphatic carbocycles. The predicted octanol–water partition coefficient (Wildman–Crippen LogP) is 7.32. The van der Waals surface area contributed by atoms with E-state index in [2.05, 4.69) is 0 Å². The van der Waals surface area contributed by atoms with E-state index in [-0.39, 0.29) is 23.1 Å². The molecule has 6 heteroatoms. The summed E-state index contributed by atoms with van der Waals surface area (Å²) in [7, 11) is 0. The van der Waals surface area contributed by atoms with Gasteiger partial charge in [0.15, 0.2) is 23.1 Å². The fraction of sp³-hybridized carbons (Fsp3) is 0.500. The number of allylic oxidation sites excluding steroid dienone is 4. The Hall–Kier alpha value is -3.48. The van der Waals surface area contributed by atoms with E-state index in [1.807, 2.05) is 104 Å². The predicted molar refractivity (Wildman–Crippen MR) is 174 cm³/mol. The number of hydrogen-bond donors (Lipinski definition) is 0. The van der Waals surface area contributed by atoms with Crippen molar-refractivity contribution in [3.63, 3.8) is 0 Å². The van der Waals surface area contributed by atoms with Crippen molar-refractivity contribution in [1.82, 2.24) is 0 Å². The molecule has 0 radical (unpaired) electrons. The molecule has 0 spiro atoms. The molecule has 7 rings (SSSR count). The Morgan fingerprint density at radius 3 is 0.783 bits per heavy atom. The second-order valence-electron chi connectivity index (χ2n) is 16.2. The Kier molecular flexibility index (Phi) is 6.16. The van der Waals surface area contributed by atoms with Crippen LogP contribution in [0.3, 0.4) is 0 Å². The summed E-state index contributed by atoms with van der Waals surface area (Å²) < 4.78 is 14.2. The SMILES string of the molecule is CC1(C)C(=O)/C=C\C(=O)C(C)(C)[C@]23CC[C@@](O2)(c2ccccc23)C(C)(C)C(=O)/C=C\C(=O)C(C)(C)[C@]23CC[C@]1(O2)c1ccccc13. The van der Waals surface area contributed by atoms with Crippen LogP contribution in [0.1, 0.15) is 103 Å². The van der Waals surface area contributed by atoms with E-state index >= 15 is 0 Å². The van der Waals surface area contributed by atoms with E-state index in [4.69, 9.17) is 9.47 Å². The van der Waals surface area contributed by atoms with Gasteiger partial charge >= 0.3 is 0 Å². The zero-order chi connectivity index (χ0) is 33.3. The molecule has 0 saturated carbocycles. The van der Waals surface area contributed by atoms with Crippen LogP contribution < -0.4 is 0 Å². The topological polar surface area (TPSA) is 86.7 Å². The van der Waals surface area contributed by atoms with Gasteiger partial charge in [-0.05, 0) is 128 Å². The lowest BCUT2D eigenvalue weighted by atomic mass is 9.58. The van der Waals surface area contributed by atoms with Gasteiger partial charge in [-0.2, -0.15) is 0 Å². The minimum Gasteiger partial charge on any atom is -0.357 e.